The highest BCUT2D eigenvalue weighted by Crippen LogP contribution is 2.50. The Kier molecular flexibility index (Phi) is 6.16. The molecule has 0 aliphatic heterocycles. The van der Waals surface area contributed by atoms with Crippen molar-refractivity contribution in [3.8, 4) is 56.2 Å². The van der Waals surface area contributed by atoms with Crippen LogP contribution in [-0.4, -0.2) is 15.0 Å². The van der Waals surface area contributed by atoms with Gasteiger partial charge in [-0.3, -0.25) is 4.98 Å². The Morgan fingerprint density at radius 3 is 1.91 bits per heavy atom. The molecule has 0 atom stereocenters. The SMILES string of the molecule is CC1(C)c2ccccc2-c2cc3c(ccc4cc(-c5cc(-c6ccccc6-c6ccncc6)nc(-c6ccccc6)n5)ccc43)cc21. The molecule has 0 spiro atoms. The Morgan fingerprint density at radius 1 is 0.426 bits per heavy atom. The van der Waals surface area contributed by atoms with Gasteiger partial charge in [0.05, 0.1) is 11.4 Å². The van der Waals surface area contributed by atoms with Crippen LogP contribution in [0.3, 0.4) is 0 Å². The van der Waals surface area contributed by atoms with Crippen LogP contribution in [-0.2, 0) is 5.41 Å². The van der Waals surface area contributed by atoms with Crippen LogP contribution in [0.15, 0.2) is 152 Å². The summed E-state index contributed by atoms with van der Waals surface area (Å²) in [7, 11) is 0. The van der Waals surface area contributed by atoms with Crippen molar-refractivity contribution in [1.82, 2.24) is 15.0 Å². The first kappa shape index (κ1) is 27.4. The van der Waals surface area contributed by atoms with Gasteiger partial charge in [-0.05, 0) is 91.3 Å². The van der Waals surface area contributed by atoms with E-state index in [-0.39, 0.29) is 5.41 Å². The van der Waals surface area contributed by atoms with E-state index in [1.807, 2.05) is 42.7 Å². The molecule has 0 saturated carbocycles. The summed E-state index contributed by atoms with van der Waals surface area (Å²) in [6, 6.07) is 49.8. The first-order valence-electron chi connectivity index (χ1n) is 16.1. The molecule has 47 heavy (non-hydrogen) atoms. The molecule has 2 aromatic heterocycles. The predicted octanol–water partition coefficient (Wildman–Crippen LogP) is 11.2. The van der Waals surface area contributed by atoms with Gasteiger partial charge < -0.3 is 0 Å². The lowest BCUT2D eigenvalue weighted by Crippen LogP contribution is -2.14. The molecule has 9 rings (SSSR count). The number of hydrogen-bond acceptors (Lipinski definition) is 3. The van der Waals surface area contributed by atoms with Gasteiger partial charge in [-0.2, -0.15) is 0 Å². The lowest BCUT2D eigenvalue weighted by Gasteiger charge is -2.21. The third kappa shape index (κ3) is 4.46. The molecular weight excluding hydrogens is 571 g/mol. The molecule has 0 unspecified atom stereocenters. The minimum Gasteiger partial charge on any atom is -0.265 e. The molecular formula is C44H31N3. The van der Waals surface area contributed by atoms with Gasteiger partial charge in [-0.15, -0.1) is 0 Å². The summed E-state index contributed by atoms with van der Waals surface area (Å²) < 4.78 is 0. The minimum absolute atomic E-state index is 0.0177. The fourth-order valence-corrected chi connectivity index (χ4v) is 7.36. The smallest absolute Gasteiger partial charge is 0.160 e. The van der Waals surface area contributed by atoms with E-state index < -0.39 is 0 Å². The van der Waals surface area contributed by atoms with Gasteiger partial charge in [0, 0.05) is 34.5 Å². The largest absolute Gasteiger partial charge is 0.265 e. The quantitative estimate of drug-likeness (QED) is 0.188. The van der Waals surface area contributed by atoms with Gasteiger partial charge >= 0.3 is 0 Å². The summed E-state index contributed by atoms with van der Waals surface area (Å²) in [6.07, 6.45) is 3.67. The van der Waals surface area contributed by atoms with Crippen molar-refractivity contribution in [2.75, 3.05) is 0 Å². The van der Waals surface area contributed by atoms with Gasteiger partial charge in [0.15, 0.2) is 5.82 Å². The van der Waals surface area contributed by atoms with E-state index in [4.69, 9.17) is 9.97 Å². The lowest BCUT2D eigenvalue weighted by molar-refractivity contribution is 0.661. The van der Waals surface area contributed by atoms with Crippen molar-refractivity contribution in [2.45, 2.75) is 19.3 Å². The van der Waals surface area contributed by atoms with Crippen LogP contribution in [0, 0.1) is 0 Å². The molecule has 0 saturated heterocycles. The summed E-state index contributed by atoms with van der Waals surface area (Å²) in [4.78, 5) is 14.5. The molecule has 0 amide bonds. The van der Waals surface area contributed by atoms with Gasteiger partial charge in [-0.1, -0.05) is 117 Å². The van der Waals surface area contributed by atoms with E-state index in [9.17, 15) is 0 Å². The zero-order valence-corrected chi connectivity index (χ0v) is 26.3. The Bertz CT molecular complexity index is 2480. The van der Waals surface area contributed by atoms with Crippen LogP contribution in [0.2, 0.25) is 0 Å². The van der Waals surface area contributed by atoms with E-state index in [0.717, 1.165) is 39.2 Å². The average molecular weight is 602 g/mol. The number of nitrogens with zero attached hydrogens (tertiary/aromatic N) is 3. The molecule has 0 radical (unpaired) electrons. The Hall–Kier alpha value is -5.93. The number of benzene rings is 6. The van der Waals surface area contributed by atoms with Crippen molar-refractivity contribution in [1.29, 1.82) is 0 Å². The third-order valence-corrected chi connectivity index (χ3v) is 9.79. The summed E-state index contributed by atoms with van der Waals surface area (Å²) in [5.41, 5.74) is 12.6. The maximum absolute atomic E-state index is 5.14. The van der Waals surface area contributed by atoms with E-state index in [1.165, 1.54) is 43.8 Å². The highest BCUT2D eigenvalue weighted by atomic mass is 14.9. The zero-order chi connectivity index (χ0) is 31.5. The molecule has 0 N–H and O–H groups in total. The van der Waals surface area contributed by atoms with Crippen LogP contribution in [0.25, 0.3) is 77.7 Å². The third-order valence-electron chi connectivity index (χ3n) is 9.79. The summed E-state index contributed by atoms with van der Waals surface area (Å²) >= 11 is 0. The van der Waals surface area contributed by atoms with Crippen molar-refractivity contribution in [3.05, 3.63) is 163 Å². The Balaban J connectivity index is 1.22. The number of rotatable bonds is 4. The van der Waals surface area contributed by atoms with Gasteiger partial charge in [-0.25, -0.2) is 9.97 Å². The maximum Gasteiger partial charge on any atom is 0.160 e. The average Bonchev–Trinajstić information content (AvgIpc) is 3.36. The van der Waals surface area contributed by atoms with Crippen LogP contribution >= 0.6 is 0 Å². The maximum atomic E-state index is 5.14. The highest BCUT2D eigenvalue weighted by Gasteiger charge is 2.35. The molecule has 8 aromatic rings. The topological polar surface area (TPSA) is 38.7 Å². The number of fused-ring (bicyclic) bond motifs is 6. The molecule has 0 bridgehead atoms. The first-order chi connectivity index (χ1) is 23.0. The second-order valence-corrected chi connectivity index (χ2v) is 12.9. The fourth-order valence-electron chi connectivity index (χ4n) is 7.36. The summed E-state index contributed by atoms with van der Waals surface area (Å²) in [6.45, 7) is 4.68. The van der Waals surface area contributed by atoms with Crippen LogP contribution in [0.1, 0.15) is 25.0 Å². The lowest BCUT2D eigenvalue weighted by atomic mass is 9.81. The fraction of sp³-hybridized carbons (Fsp3) is 0.0682. The molecule has 3 heteroatoms. The van der Waals surface area contributed by atoms with Crippen LogP contribution < -0.4 is 0 Å². The van der Waals surface area contributed by atoms with E-state index in [0.29, 0.717) is 5.82 Å². The normalized spacial score (nSPS) is 13.1. The monoisotopic (exact) mass is 601 g/mol. The number of hydrogen-bond donors (Lipinski definition) is 0. The zero-order valence-electron chi connectivity index (χ0n) is 26.3. The standard InChI is InChI=1S/C44H31N3/c1-44(2)39-15-9-8-13-35(39)38-26-37-31(25-40(38)44)17-16-30-24-32(18-19-34(30)37)41-27-42(47-43(46-41)29-10-4-3-5-11-29)36-14-7-6-12-33(36)28-20-22-45-23-21-28/h3-27H,1-2H3. The van der Waals surface area contributed by atoms with Gasteiger partial charge in [0.2, 0.25) is 0 Å². The summed E-state index contributed by atoms with van der Waals surface area (Å²) in [5.74, 6) is 0.707. The highest BCUT2D eigenvalue weighted by molar-refractivity contribution is 6.10. The van der Waals surface area contributed by atoms with Crippen molar-refractivity contribution < 1.29 is 0 Å². The van der Waals surface area contributed by atoms with E-state index in [2.05, 4.69) is 128 Å². The minimum atomic E-state index is -0.0177. The Morgan fingerprint density at radius 2 is 1.11 bits per heavy atom. The molecule has 0 fully saturated rings. The van der Waals surface area contributed by atoms with Gasteiger partial charge in [0.1, 0.15) is 0 Å². The van der Waals surface area contributed by atoms with Crippen molar-refractivity contribution >= 4 is 21.5 Å². The summed E-state index contributed by atoms with van der Waals surface area (Å²) in [5, 5.41) is 4.99. The first-order valence-corrected chi connectivity index (χ1v) is 16.1. The van der Waals surface area contributed by atoms with Crippen LogP contribution in [0.5, 0.6) is 0 Å². The second kappa shape index (κ2) is 10.6. The van der Waals surface area contributed by atoms with Gasteiger partial charge in [0.25, 0.3) is 0 Å². The predicted molar refractivity (Wildman–Crippen MR) is 194 cm³/mol. The molecule has 1 aliphatic carbocycles. The molecule has 3 nitrogen and oxygen atoms in total. The van der Waals surface area contributed by atoms with Crippen molar-refractivity contribution in [3.63, 3.8) is 0 Å². The number of pyridine rings is 1. The Labute approximate surface area is 274 Å². The molecule has 1 aliphatic rings. The van der Waals surface area contributed by atoms with E-state index in [1.54, 1.807) is 0 Å². The number of aromatic nitrogens is 3. The second-order valence-electron chi connectivity index (χ2n) is 12.9. The molecule has 222 valence electrons. The molecule has 6 aromatic carbocycles. The van der Waals surface area contributed by atoms with Crippen LogP contribution in [0.4, 0.5) is 0 Å². The molecule has 2 heterocycles. The van der Waals surface area contributed by atoms with Crippen molar-refractivity contribution in [2.24, 2.45) is 0 Å². The van der Waals surface area contributed by atoms with E-state index >= 15 is 0 Å².